The van der Waals surface area contributed by atoms with Gasteiger partial charge in [-0.3, -0.25) is 4.79 Å². The molecule has 1 N–H and O–H groups in total. The number of aliphatic carboxylic acids is 1. The van der Waals surface area contributed by atoms with Gasteiger partial charge in [-0.1, -0.05) is 67.1 Å². The molecule has 0 saturated carbocycles. The fourth-order valence-electron chi connectivity index (χ4n) is 4.55. The van der Waals surface area contributed by atoms with Crippen molar-refractivity contribution < 1.29 is 19.4 Å². The van der Waals surface area contributed by atoms with E-state index in [0.717, 1.165) is 22.4 Å². The summed E-state index contributed by atoms with van der Waals surface area (Å²) in [5, 5.41) is 10.4. The van der Waals surface area contributed by atoms with E-state index in [1.165, 1.54) is 4.90 Å². The van der Waals surface area contributed by atoms with E-state index in [1.54, 1.807) is 25.3 Å². The second-order valence-electron chi connectivity index (χ2n) is 8.02. The quantitative estimate of drug-likeness (QED) is 0.543. The van der Waals surface area contributed by atoms with E-state index in [-0.39, 0.29) is 11.8 Å². The molecule has 5 nitrogen and oxygen atoms in total. The number of carboxylic acid groups (broad SMARTS) is 1. The van der Waals surface area contributed by atoms with Crippen LogP contribution < -0.4 is 4.74 Å². The summed E-state index contributed by atoms with van der Waals surface area (Å²) < 4.78 is 5.43. The lowest BCUT2D eigenvalue weighted by Gasteiger charge is -2.30. The monoisotopic (exact) mass is 449 g/mol. The Morgan fingerprint density at radius 2 is 1.66 bits per heavy atom. The summed E-state index contributed by atoms with van der Waals surface area (Å²) in [5.74, 6) is -0.638. The third kappa shape index (κ3) is 3.96. The first-order chi connectivity index (χ1) is 15.4. The molecular weight excluding hydrogens is 426 g/mol. The van der Waals surface area contributed by atoms with E-state index in [4.69, 9.17) is 16.3 Å². The molecule has 0 radical (unpaired) electrons. The number of carboxylic acids is 1. The zero-order valence-corrected chi connectivity index (χ0v) is 18.6. The van der Waals surface area contributed by atoms with E-state index >= 15 is 0 Å². The first-order valence-corrected chi connectivity index (χ1v) is 10.8. The lowest BCUT2D eigenvalue weighted by Crippen LogP contribution is -2.42. The van der Waals surface area contributed by atoms with Gasteiger partial charge in [0.1, 0.15) is 11.8 Å². The number of hydrogen-bond acceptors (Lipinski definition) is 3. The SMILES string of the molecule is COc1ccccc1-c1ccc(C(=O)N2C(c3ccccc3Cl)C(C)C[C@H]2C(=O)O)cc1. The Morgan fingerprint density at radius 1 is 1.00 bits per heavy atom. The Hall–Kier alpha value is -3.31. The number of carbonyl (C=O) groups excluding carboxylic acids is 1. The van der Waals surface area contributed by atoms with Crippen LogP contribution in [0.1, 0.15) is 35.3 Å². The standard InChI is InChI=1S/C26H24ClNO4/c1-16-15-22(26(30)31)28(24(16)20-8-3-5-9-21(20)27)25(29)18-13-11-17(12-14-18)19-7-4-6-10-23(19)32-2/h3-14,16,22,24H,15H2,1-2H3,(H,30,31)/t16?,22-,24?/m0/s1. The van der Waals surface area contributed by atoms with Crippen molar-refractivity contribution in [3.05, 3.63) is 88.9 Å². The van der Waals surface area contributed by atoms with Crippen LogP contribution in [0.2, 0.25) is 5.02 Å². The van der Waals surface area contributed by atoms with Crippen LogP contribution in [-0.2, 0) is 4.79 Å². The van der Waals surface area contributed by atoms with Crippen LogP contribution in [0.3, 0.4) is 0 Å². The number of benzene rings is 3. The van der Waals surface area contributed by atoms with Gasteiger partial charge in [0, 0.05) is 16.1 Å². The van der Waals surface area contributed by atoms with Gasteiger partial charge in [-0.15, -0.1) is 0 Å². The van der Waals surface area contributed by atoms with Gasteiger partial charge >= 0.3 is 5.97 Å². The second kappa shape index (κ2) is 9.05. The van der Waals surface area contributed by atoms with E-state index in [2.05, 4.69) is 0 Å². The minimum absolute atomic E-state index is 0.0483. The van der Waals surface area contributed by atoms with Gasteiger partial charge in [0.25, 0.3) is 5.91 Å². The molecule has 4 rings (SSSR count). The molecule has 3 aromatic rings. The number of nitrogens with zero attached hydrogens (tertiary/aromatic N) is 1. The molecule has 0 spiro atoms. The van der Waals surface area contributed by atoms with Crippen LogP contribution >= 0.6 is 11.6 Å². The molecule has 164 valence electrons. The molecule has 0 aliphatic carbocycles. The predicted octanol–water partition coefficient (Wildman–Crippen LogP) is 5.69. The van der Waals surface area contributed by atoms with Crippen molar-refractivity contribution >= 4 is 23.5 Å². The highest BCUT2D eigenvalue weighted by molar-refractivity contribution is 6.31. The number of carbonyl (C=O) groups is 2. The van der Waals surface area contributed by atoms with E-state index in [0.29, 0.717) is 17.0 Å². The Morgan fingerprint density at radius 3 is 2.31 bits per heavy atom. The summed E-state index contributed by atoms with van der Waals surface area (Å²) in [4.78, 5) is 27.1. The van der Waals surface area contributed by atoms with Crippen LogP contribution in [0.5, 0.6) is 5.75 Å². The molecule has 1 aliphatic heterocycles. The number of halogens is 1. The van der Waals surface area contributed by atoms with Crippen molar-refractivity contribution in [2.45, 2.75) is 25.4 Å². The Bertz CT molecular complexity index is 1140. The fourth-order valence-corrected chi connectivity index (χ4v) is 4.79. The Kier molecular flexibility index (Phi) is 6.19. The lowest BCUT2D eigenvalue weighted by atomic mass is 9.94. The number of rotatable bonds is 5. The molecule has 3 atom stereocenters. The van der Waals surface area contributed by atoms with Crippen molar-refractivity contribution in [3.63, 3.8) is 0 Å². The van der Waals surface area contributed by atoms with Crippen molar-refractivity contribution in [2.75, 3.05) is 7.11 Å². The third-order valence-corrected chi connectivity index (χ3v) is 6.41. The number of amides is 1. The van der Waals surface area contributed by atoms with Crippen LogP contribution in [0.4, 0.5) is 0 Å². The highest BCUT2D eigenvalue weighted by Crippen LogP contribution is 2.44. The molecule has 2 unspecified atom stereocenters. The molecule has 1 heterocycles. The van der Waals surface area contributed by atoms with Crippen LogP contribution in [0.25, 0.3) is 11.1 Å². The minimum atomic E-state index is -1.01. The average Bonchev–Trinajstić information content (AvgIpc) is 3.16. The molecule has 1 aliphatic rings. The van der Waals surface area contributed by atoms with Gasteiger partial charge in [0.2, 0.25) is 0 Å². The summed E-state index contributed by atoms with van der Waals surface area (Å²) >= 11 is 6.43. The average molecular weight is 450 g/mol. The Balaban J connectivity index is 1.70. The van der Waals surface area contributed by atoms with Crippen molar-refractivity contribution in [3.8, 4) is 16.9 Å². The maximum Gasteiger partial charge on any atom is 0.326 e. The largest absolute Gasteiger partial charge is 0.496 e. The molecule has 1 fully saturated rings. The number of methoxy groups -OCH3 is 1. The van der Waals surface area contributed by atoms with Crippen molar-refractivity contribution in [1.82, 2.24) is 4.90 Å². The van der Waals surface area contributed by atoms with Gasteiger partial charge in [0.15, 0.2) is 0 Å². The van der Waals surface area contributed by atoms with Gasteiger partial charge in [-0.25, -0.2) is 4.79 Å². The molecule has 0 aromatic heterocycles. The zero-order valence-electron chi connectivity index (χ0n) is 17.9. The summed E-state index contributed by atoms with van der Waals surface area (Å²) in [6.45, 7) is 1.96. The maximum absolute atomic E-state index is 13.6. The molecular formula is C26H24ClNO4. The predicted molar refractivity (Wildman–Crippen MR) is 124 cm³/mol. The zero-order chi connectivity index (χ0) is 22.8. The summed E-state index contributed by atoms with van der Waals surface area (Å²) in [6, 6.07) is 20.8. The summed E-state index contributed by atoms with van der Waals surface area (Å²) in [7, 11) is 1.62. The first-order valence-electron chi connectivity index (χ1n) is 10.5. The molecule has 6 heteroatoms. The molecule has 1 amide bonds. The second-order valence-corrected chi connectivity index (χ2v) is 8.43. The van der Waals surface area contributed by atoms with Gasteiger partial charge < -0.3 is 14.7 Å². The lowest BCUT2D eigenvalue weighted by molar-refractivity contribution is -0.141. The highest BCUT2D eigenvalue weighted by Gasteiger charge is 2.46. The highest BCUT2D eigenvalue weighted by atomic mass is 35.5. The van der Waals surface area contributed by atoms with Gasteiger partial charge in [-0.2, -0.15) is 0 Å². The number of hydrogen-bond donors (Lipinski definition) is 1. The van der Waals surface area contributed by atoms with Crippen LogP contribution in [0, 0.1) is 5.92 Å². The van der Waals surface area contributed by atoms with Gasteiger partial charge in [-0.05, 0) is 47.7 Å². The molecule has 3 aromatic carbocycles. The minimum Gasteiger partial charge on any atom is -0.496 e. The molecule has 32 heavy (non-hydrogen) atoms. The van der Waals surface area contributed by atoms with Gasteiger partial charge in [0.05, 0.1) is 13.2 Å². The smallest absolute Gasteiger partial charge is 0.326 e. The summed E-state index contributed by atoms with van der Waals surface area (Å²) in [5.41, 5.74) is 3.03. The number of ether oxygens (including phenoxy) is 1. The van der Waals surface area contributed by atoms with Crippen molar-refractivity contribution in [1.29, 1.82) is 0 Å². The van der Waals surface area contributed by atoms with Crippen molar-refractivity contribution in [2.24, 2.45) is 5.92 Å². The number of likely N-dealkylation sites (tertiary alicyclic amines) is 1. The third-order valence-electron chi connectivity index (χ3n) is 6.06. The van der Waals surface area contributed by atoms with Crippen LogP contribution in [0.15, 0.2) is 72.8 Å². The number of para-hydroxylation sites is 1. The summed E-state index contributed by atoms with van der Waals surface area (Å²) in [6.07, 6.45) is 0.371. The fraction of sp³-hybridized carbons (Fsp3) is 0.231. The normalized spacial score (nSPS) is 20.2. The molecule has 0 bridgehead atoms. The van der Waals surface area contributed by atoms with E-state index in [9.17, 15) is 14.7 Å². The topological polar surface area (TPSA) is 66.8 Å². The maximum atomic E-state index is 13.6. The van der Waals surface area contributed by atoms with E-state index < -0.39 is 18.1 Å². The Labute approximate surface area is 192 Å². The first kappa shape index (κ1) is 21.9. The van der Waals surface area contributed by atoms with Crippen LogP contribution in [-0.4, -0.2) is 35.0 Å². The van der Waals surface area contributed by atoms with E-state index in [1.807, 2.05) is 61.5 Å². The molecule has 1 saturated heterocycles.